The third-order valence-corrected chi connectivity index (χ3v) is 5.69. The van der Waals surface area contributed by atoms with E-state index in [0.717, 1.165) is 21.3 Å². The summed E-state index contributed by atoms with van der Waals surface area (Å²) in [4.78, 5) is 8.92. The average Bonchev–Trinajstić information content (AvgIpc) is 2.04. The highest BCUT2D eigenvalue weighted by molar-refractivity contribution is 7.70. The molecule has 0 fully saturated rings. The lowest BCUT2D eigenvalue weighted by Crippen LogP contribution is -1.97. The summed E-state index contributed by atoms with van der Waals surface area (Å²) < 4.78 is 35.3. The van der Waals surface area contributed by atoms with E-state index in [9.17, 15) is 9.13 Å². The first-order valence-corrected chi connectivity index (χ1v) is 6.46. The first-order valence-electron chi connectivity index (χ1n) is 2.97. The van der Waals surface area contributed by atoms with Gasteiger partial charge < -0.3 is 18.5 Å². The molecule has 1 unspecified atom stereocenters. The predicted octanol–water partition coefficient (Wildman–Crippen LogP) is 1.26. The van der Waals surface area contributed by atoms with E-state index >= 15 is 0 Å². The maximum atomic E-state index is 11.3. The molecule has 0 spiro atoms. The van der Waals surface area contributed by atoms with Crippen molar-refractivity contribution in [2.45, 2.75) is 0 Å². The SMILES string of the molecule is COP(=O)(O)CP(=O)(OC)OC. The smallest absolute Gasteiger partial charge is 0.324 e. The second-order valence-corrected chi connectivity index (χ2v) is 6.66. The summed E-state index contributed by atoms with van der Waals surface area (Å²) in [6.07, 6.45) is 0. The summed E-state index contributed by atoms with van der Waals surface area (Å²) in [6, 6.07) is 0. The Morgan fingerprint density at radius 3 is 1.75 bits per heavy atom. The molecule has 0 aromatic rings. The molecule has 0 aliphatic carbocycles. The van der Waals surface area contributed by atoms with Gasteiger partial charge in [0.25, 0.3) is 0 Å². The molecular formula is C4H12O6P2. The van der Waals surface area contributed by atoms with Crippen LogP contribution in [0.25, 0.3) is 0 Å². The maximum absolute atomic E-state index is 11.3. The first-order chi connectivity index (χ1) is 5.39. The largest absolute Gasteiger partial charge is 0.342 e. The van der Waals surface area contributed by atoms with E-state index in [1.54, 1.807) is 0 Å². The number of hydrogen-bond acceptors (Lipinski definition) is 5. The van der Waals surface area contributed by atoms with Gasteiger partial charge in [0.05, 0.1) is 0 Å². The lowest BCUT2D eigenvalue weighted by Gasteiger charge is -2.15. The van der Waals surface area contributed by atoms with Crippen molar-refractivity contribution in [2.75, 3.05) is 27.2 Å². The zero-order chi connectivity index (χ0) is 9.83. The zero-order valence-electron chi connectivity index (χ0n) is 7.09. The van der Waals surface area contributed by atoms with E-state index in [1.807, 2.05) is 0 Å². The standard InChI is InChI=1S/C4H12O6P2/c1-8-11(5,6)4-12(7,9-2)10-3/h4H2,1-3H3,(H,5,6). The minimum atomic E-state index is -3.84. The van der Waals surface area contributed by atoms with E-state index in [-0.39, 0.29) is 0 Å². The Bertz CT molecular complexity index is 218. The van der Waals surface area contributed by atoms with Crippen molar-refractivity contribution < 1.29 is 27.6 Å². The van der Waals surface area contributed by atoms with Crippen LogP contribution in [0.4, 0.5) is 0 Å². The molecule has 0 heterocycles. The van der Waals surface area contributed by atoms with Crippen molar-refractivity contribution in [3.8, 4) is 0 Å². The predicted molar refractivity (Wildman–Crippen MR) is 43.3 cm³/mol. The quantitative estimate of drug-likeness (QED) is 0.699. The van der Waals surface area contributed by atoms with Gasteiger partial charge in [0.1, 0.15) is 0 Å². The molecule has 0 aromatic heterocycles. The molecule has 0 saturated carbocycles. The molecule has 74 valence electrons. The third kappa shape index (κ3) is 3.81. The van der Waals surface area contributed by atoms with Crippen LogP contribution in [-0.2, 0) is 22.7 Å². The van der Waals surface area contributed by atoms with Crippen LogP contribution in [0.5, 0.6) is 0 Å². The van der Waals surface area contributed by atoms with Crippen molar-refractivity contribution in [1.29, 1.82) is 0 Å². The summed E-state index contributed by atoms with van der Waals surface area (Å²) in [5, 5.41) is 0. The molecule has 0 saturated heterocycles. The van der Waals surface area contributed by atoms with Crippen LogP contribution in [0.2, 0.25) is 0 Å². The van der Waals surface area contributed by atoms with Crippen LogP contribution >= 0.6 is 15.2 Å². The van der Waals surface area contributed by atoms with Crippen LogP contribution < -0.4 is 0 Å². The van der Waals surface area contributed by atoms with E-state index in [2.05, 4.69) is 13.6 Å². The van der Waals surface area contributed by atoms with Gasteiger partial charge in [0, 0.05) is 21.3 Å². The van der Waals surface area contributed by atoms with Crippen molar-refractivity contribution >= 4 is 15.2 Å². The highest BCUT2D eigenvalue weighted by Crippen LogP contribution is 2.60. The molecule has 0 rings (SSSR count). The summed E-state index contributed by atoms with van der Waals surface area (Å²) in [5.74, 6) is -0.635. The summed E-state index contributed by atoms with van der Waals surface area (Å²) >= 11 is 0. The zero-order valence-corrected chi connectivity index (χ0v) is 8.88. The fraction of sp³-hybridized carbons (Fsp3) is 1.00. The van der Waals surface area contributed by atoms with E-state index < -0.39 is 21.1 Å². The van der Waals surface area contributed by atoms with Crippen molar-refractivity contribution in [3.63, 3.8) is 0 Å². The Hall–Kier alpha value is 0.300. The minimum Gasteiger partial charge on any atom is -0.324 e. The molecule has 0 aromatic carbocycles. The Kier molecular flexibility index (Phi) is 4.62. The Morgan fingerprint density at radius 1 is 1.08 bits per heavy atom. The maximum Gasteiger partial charge on any atom is 0.342 e. The molecular weight excluding hydrogens is 206 g/mol. The fourth-order valence-corrected chi connectivity index (χ4v) is 3.75. The Morgan fingerprint density at radius 2 is 1.50 bits per heavy atom. The van der Waals surface area contributed by atoms with Crippen molar-refractivity contribution in [1.82, 2.24) is 0 Å². The summed E-state index contributed by atoms with van der Waals surface area (Å²) in [6.45, 7) is 0. The molecule has 1 atom stereocenters. The highest BCUT2D eigenvalue weighted by atomic mass is 31.2. The van der Waals surface area contributed by atoms with Gasteiger partial charge in [-0.1, -0.05) is 0 Å². The van der Waals surface area contributed by atoms with E-state index in [4.69, 9.17) is 4.89 Å². The normalized spacial score (nSPS) is 17.3. The van der Waals surface area contributed by atoms with E-state index in [1.165, 1.54) is 0 Å². The van der Waals surface area contributed by atoms with Crippen LogP contribution in [0.3, 0.4) is 0 Å². The molecule has 6 nitrogen and oxygen atoms in total. The fourth-order valence-electron chi connectivity index (χ4n) is 0.467. The van der Waals surface area contributed by atoms with Gasteiger partial charge in [-0.05, 0) is 0 Å². The molecule has 0 radical (unpaired) electrons. The van der Waals surface area contributed by atoms with Crippen LogP contribution in [0, 0.1) is 0 Å². The molecule has 1 N–H and O–H groups in total. The van der Waals surface area contributed by atoms with Gasteiger partial charge in [-0.2, -0.15) is 0 Å². The van der Waals surface area contributed by atoms with Crippen LogP contribution in [0.15, 0.2) is 0 Å². The Labute approximate surface area is 70.9 Å². The highest BCUT2D eigenvalue weighted by Gasteiger charge is 2.33. The van der Waals surface area contributed by atoms with Crippen molar-refractivity contribution in [2.24, 2.45) is 0 Å². The topological polar surface area (TPSA) is 82.1 Å². The molecule has 0 aliphatic rings. The molecule has 8 heteroatoms. The van der Waals surface area contributed by atoms with Gasteiger partial charge in [0.2, 0.25) is 0 Å². The van der Waals surface area contributed by atoms with Gasteiger partial charge in [0.15, 0.2) is 5.90 Å². The molecule has 0 bridgehead atoms. The lowest BCUT2D eigenvalue weighted by atomic mass is 11.8. The number of rotatable bonds is 5. The van der Waals surface area contributed by atoms with E-state index in [0.29, 0.717) is 0 Å². The van der Waals surface area contributed by atoms with Crippen LogP contribution in [-0.4, -0.2) is 32.1 Å². The second kappa shape index (κ2) is 4.51. The third-order valence-electron chi connectivity index (χ3n) is 1.19. The molecule has 0 amide bonds. The van der Waals surface area contributed by atoms with Gasteiger partial charge in [-0.3, -0.25) is 9.13 Å². The van der Waals surface area contributed by atoms with Gasteiger partial charge in [-0.15, -0.1) is 0 Å². The minimum absolute atomic E-state index is 0.635. The van der Waals surface area contributed by atoms with Gasteiger partial charge >= 0.3 is 15.2 Å². The van der Waals surface area contributed by atoms with Crippen molar-refractivity contribution in [3.05, 3.63) is 0 Å². The molecule has 0 aliphatic heterocycles. The Balaban J connectivity index is 4.42. The lowest BCUT2D eigenvalue weighted by molar-refractivity contribution is 0.272. The first kappa shape index (κ1) is 12.3. The number of hydrogen-bond donors (Lipinski definition) is 1. The van der Waals surface area contributed by atoms with Gasteiger partial charge in [-0.25, -0.2) is 0 Å². The summed E-state index contributed by atoms with van der Waals surface area (Å²) in [5.41, 5.74) is 0. The van der Waals surface area contributed by atoms with Crippen LogP contribution in [0.1, 0.15) is 0 Å². The monoisotopic (exact) mass is 218 g/mol. The summed E-state index contributed by atoms with van der Waals surface area (Å²) in [7, 11) is -3.97. The average molecular weight is 218 g/mol. The second-order valence-electron chi connectivity index (χ2n) is 1.94. The molecule has 12 heavy (non-hydrogen) atoms.